The lowest BCUT2D eigenvalue weighted by molar-refractivity contribution is 0.0951. The number of hydrazine groups is 1. The molecule has 1 amide bonds. The molecule has 0 aliphatic carbocycles. The van der Waals surface area contributed by atoms with E-state index in [1.165, 1.54) is 0 Å². The van der Waals surface area contributed by atoms with Gasteiger partial charge in [0.1, 0.15) is 0 Å². The normalized spacial score (nSPS) is 9.94. The zero-order valence-corrected chi connectivity index (χ0v) is 9.14. The minimum atomic E-state index is -0.130. The van der Waals surface area contributed by atoms with Gasteiger partial charge in [0, 0.05) is 23.4 Å². The minimum absolute atomic E-state index is 0.130. The first-order chi connectivity index (χ1) is 8.29. The lowest BCUT2D eigenvalue weighted by Gasteiger charge is -2.04. The molecule has 88 valence electrons. The second-order valence-corrected chi connectivity index (χ2v) is 3.54. The molecule has 2 rings (SSSR count). The van der Waals surface area contributed by atoms with Crippen LogP contribution in [0.25, 0.3) is 0 Å². The van der Waals surface area contributed by atoms with Gasteiger partial charge in [0.05, 0.1) is 12.5 Å². The van der Waals surface area contributed by atoms with Crippen LogP contribution in [0.3, 0.4) is 0 Å². The predicted octanol–water partition coefficient (Wildman–Crippen LogP) is 1.50. The topological polar surface area (TPSA) is 80.3 Å². The predicted molar refractivity (Wildman–Crippen MR) is 64.1 cm³/mol. The molecule has 1 aromatic carbocycles. The number of nitrogens with two attached hydrogens (primary N) is 1. The molecule has 1 heterocycles. The molecular weight excluding hydrogens is 218 g/mol. The van der Waals surface area contributed by atoms with E-state index in [9.17, 15) is 4.79 Å². The van der Waals surface area contributed by atoms with Gasteiger partial charge in [-0.05, 0) is 30.3 Å². The van der Waals surface area contributed by atoms with Gasteiger partial charge in [-0.25, -0.2) is 0 Å². The van der Waals surface area contributed by atoms with E-state index in [1.54, 1.807) is 36.8 Å². The van der Waals surface area contributed by atoms with Crippen molar-refractivity contribution in [1.82, 2.24) is 5.32 Å². The van der Waals surface area contributed by atoms with Crippen LogP contribution in [0.1, 0.15) is 15.9 Å². The summed E-state index contributed by atoms with van der Waals surface area (Å²) in [6.07, 6.45) is 3.17. The first-order valence-corrected chi connectivity index (χ1v) is 5.15. The van der Waals surface area contributed by atoms with Crippen LogP contribution < -0.4 is 16.6 Å². The van der Waals surface area contributed by atoms with Crippen LogP contribution >= 0.6 is 0 Å². The number of benzene rings is 1. The molecular formula is C12H13N3O2. The fourth-order valence-electron chi connectivity index (χ4n) is 1.40. The minimum Gasteiger partial charge on any atom is -0.472 e. The number of anilines is 1. The maximum Gasteiger partial charge on any atom is 0.251 e. The van der Waals surface area contributed by atoms with Gasteiger partial charge in [-0.15, -0.1) is 0 Å². The lowest BCUT2D eigenvalue weighted by Crippen LogP contribution is -2.22. The van der Waals surface area contributed by atoms with Crippen molar-refractivity contribution in [2.24, 2.45) is 5.84 Å². The number of carbonyl (C=O) groups is 1. The summed E-state index contributed by atoms with van der Waals surface area (Å²) < 4.78 is 4.91. The van der Waals surface area contributed by atoms with E-state index in [4.69, 9.17) is 10.3 Å². The highest BCUT2D eigenvalue weighted by atomic mass is 16.3. The molecule has 17 heavy (non-hydrogen) atoms. The zero-order valence-electron chi connectivity index (χ0n) is 9.14. The Labute approximate surface area is 98.6 Å². The molecule has 0 atom stereocenters. The number of furan rings is 1. The van der Waals surface area contributed by atoms with Gasteiger partial charge >= 0.3 is 0 Å². The van der Waals surface area contributed by atoms with Crippen LogP contribution in [-0.4, -0.2) is 5.91 Å². The molecule has 0 saturated carbocycles. The number of rotatable bonds is 4. The van der Waals surface area contributed by atoms with Crippen LogP contribution in [0.4, 0.5) is 5.69 Å². The molecule has 4 N–H and O–H groups in total. The standard InChI is InChI=1S/C12H13N3O2/c13-15-11-3-1-10(2-4-11)12(16)14-7-9-5-6-17-8-9/h1-6,8,15H,7,13H2,(H,14,16). The summed E-state index contributed by atoms with van der Waals surface area (Å²) in [6, 6.07) is 8.71. The van der Waals surface area contributed by atoms with Crippen LogP contribution in [-0.2, 0) is 6.54 Å². The van der Waals surface area contributed by atoms with Gasteiger partial charge in [0.25, 0.3) is 5.91 Å². The average molecular weight is 231 g/mol. The molecule has 0 aliphatic heterocycles. The molecule has 0 aliphatic rings. The number of carbonyl (C=O) groups excluding carboxylic acids is 1. The summed E-state index contributed by atoms with van der Waals surface area (Å²) in [7, 11) is 0. The third-order valence-corrected chi connectivity index (χ3v) is 2.35. The van der Waals surface area contributed by atoms with E-state index in [-0.39, 0.29) is 5.91 Å². The number of nitrogens with one attached hydrogen (secondary N) is 2. The highest BCUT2D eigenvalue weighted by molar-refractivity contribution is 5.94. The maximum atomic E-state index is 11.7. The number of hydrogen-bond acceptors (Lipinski definition) is 4. The molecule has 2 aromatic rings. The summed E-state index contributed by atoms with van der Waals surface area (Å²) in [6.45, 7) is 0.451. The number of hydrogen-bond donors (Lipinski definition) is 3. The molecule has 0 radical (unpaired) electrons. The number of amides is 1. The largest absolute Gasteiger partial charge is 0.472 e. The zero-order chi connectivity index (χ0) is 12.1. The van der Waals surface area contributed by atoms with Crippen molar-refractivity contribution in [2.45, 2.75) is 6.54 Å². The van der Waals surface area contributed by atoms with Crippen molar-refractivity contribution in [3.05, 3.63) is 54.0 Å². The Balaban J connectivity index is 1.95. The monoisotopic (exact) mass is 231 g/mol. The summed E-state index contributed by atoms with van der Waals surface area (Å²) >= 11 is 0. The molecule has 0 spiro atoms. The smallest absolute Gasteiger partial charge is 0.251 e. The molecule has 0 unspecified atom stereocenters. The van der Waals surface area contributed by atoms with Crippen LogP contribution in [0.2, 0.25) is 0 Å². The van der Waals surface area contributed by atoms with E-state index in [1.807, 2.05) is 6.07 Å². The Morgan fingerprint density at radius 2 is 2.00 bits per heavy atom. The molecule has 0 saturated heterocycles. The van der Waals surface area contributed by atoms with Crippen molar-refractivity contribution in [1.29, 1.82) is 0 Å². The summed E-state index contributed by atoms with van der Waals surface area (Å²) in [5.41, 5.74) is 4.78. The fourth-order valence-corrected chi connectivity index (χ4v) is 1.40. The van der Waals surface area contributed by atoms with E-state index in [0.29, 0.717) is 12.1 Å². The van der Waals surface area contributed by atoms with Crippen LogP contribution in [0.15, 0.2) is 47.3 Å². The van der Waals surface area contributed by atoms with Crippen LogP contribution in [0.5, 0.6) is 0 Å². The van der Waals surface area contributed by atoms with Crippen molar-refractivity contribution < 1.29 is 9.21 Å². The van der Waals surface area contributed by atoms with Gasteiger partial charge in [-0.2, -0.15) is 0 Å². The van der Waals surface area contributed by atoms with Crippen molar-refractivity contribution in [3.8, 4) is 0 Å². The first kappa shape index (κ1) is 11.2. The van der Waals surface area contributed by atoms with Gasteiger partial charge in [0.2, 0.25) is 0 Å². The average Bonchev–Trinajstić information content (AvgIpc) is 2.89. The Kier molecular flexibility index (Phi) is 3.42. The lowest BCUT2D eigenvalue weighted by atomic mass is 10.2. The number of nitrogen functional groups attached to an aromatic ring is 1. The molecule has 0 fully saturated rings. The molecule has 5 nitrogen and oxygen atoms in total. The van der Waals surface area contributed by atoms with E-state index < -0.39 is 0 Å². The molecule has 0 bridgehead atoms. The highest BCUT2D eigenvalue weighted by Gasteiger charge is 2.05. The molecule has 1 aromatic heterocycles. The van der Waals surface area contributed by atoms with Gasteiger partial charge < -0.3 is 15.2 Å². The van der Waals surface area contributed by atoms with Gasteiger partial charge in [-0.3, -0.25) is 10.6 Å². The van der Waals surface area contributed by atoms with E-state index >= 15 is 0 Å². The van der Waals surface area contributed by atoms with E-state index in [0.717, 1.165) is 11.3 Å². The quantitative estimate of drug-likeness (QED) is 0.550. The molecule has 5 heteroatoms. The first-order valence-electron chi connectivity index (χ1n) is 5.15. The highest BCUT2D eigenvalue weighted by Crippen LogP contribution is 2.08. The van der Waals surface area contributed by atoms with Crippen LogP contribution in [0, 0.1) is 0 Å². The SMILES string of the molecule is NNc1ccc(C(=O)NCc2ccoc2)cc1. The summed E-state index contributed by atoms with van der Waals surface area (Å²) in [5.74, 6) is 5.11. The van der Waals surface area contributed by atoms with Crippen molar-refractivity contribution >= 4 is 11.6 Å². The third kappa shape index (κ3) is 2.85. The Morgan fingerprint density at radius 1 is 1.24 bits per heavy atom. The third-order valence-electron chi connectivity index (χ3n) is 2.35. The summed E-state index contributed by atoms with van der Waals surface area (Å²) in [4.78, 5) is 11.7. The van der Waals surface area contributed by atoms with Gasteiger partial charge in [-0.1, -0.05) is 0 Å². The van der Waals surface area contributed by atoms with E-state index in [2.05, 4.69) is 10.7 Å². The maximum absolute atomic E-state index is 11.7. The van der Waals surface area contributed by atoms with Gasteiger partial charge in [0.15, 0.2) is 0 Å². The Bertz CT molecular complexity index is 477. The Morgan fingerprint density at radius 3 is 2.59 bits per heavy atom. The second kappa shape index (κ2) is 5.18. The summed E-state index contributed by atoms with van der Waals surface area (Å²) in [5, 5.41) is 2.79. The fraction of sp³-hybridized carbons (Fsp3) is 0.0833. The Hall–Kier alpha value is -2.27. The second-order valence-electron chi connectivity index (χ2n) is 3.54. The van der Waals surface area contributed by atoms with Crippen molar-refractivity contribution in [3.63, 3.8) is 0 Å². The van der Waals surface area contributed by atoms with Crippen molar-refractivity contribution in [2.75, 3.05) is 5.43 Å².